The molecule has 8 nitrogen and oxygen atoms in total. The lowest BCUT2D eigenvalue weighted by Gasteiger charge is -2.32. The number of carbonyl (C=O) groups excluding carboxylic acids is 2. The van der Waals surface area contributed by atoms with Crippen molar-refractivity contribution in [2.75, 3.05) is 19.7 Å². The number of piperidine rings is 1. The molecule has 0 spiro atoms. The lowest BCUT2D eigenvalue weighted by atomic mass is 9.96. The largest absolute Gasteiger partial charge is 0.493 e. The van der Waals surface area contributed by atoms with Crippen molar-refractivity contribution in [3.05, 3.63) is 60.2 Å². The zero-order valence-electron chi connectivity index (χ0n) is 19.1. The van der Waals surface area contributed by atoms with Gasteiger partial charge in [0.25, 0.3) is 0 Å². The summed E-state index contributed by atoms with van der Waals surface area (Å²) in [6.07, 6.45) is 3.56. The number of nitrogens with one attached hydrogen (secondary N) is 2. The molecule has 2 N–H and O–H groups in total. The molecule has 0 aromatic heterocycles. The van der Waals surface area contributed by atoms with Gasteiger partial charge in [-0.2, -0.15) is 0 Å². The highest BCUT2D eigenvalue weighted by atomic mass is 32.2. The smallest absolute Gasteiger partial charge is 0.240 e. The Kier molecular flexibility index (Phi) is 7.84. The van der Waals surface area contributed by atoms with Crippen LogP contribution in [0.15, 0.2) is 59.5 Å². The zero-order valence-corrected chi connectivity index (χ0v) is 19.9. The van der Waals surface area contributed by atoms with Crippen molar-refractivity contribution >= 4 is 21.8 Å². The van der Waals surface area contributed by atoms with Gasteiger partial charge in [-0.05, 0) is 55.5 Å². The first kappa shape index (κ1) is 24.2. The molecule has 2 aliphatic rings. The van der Waals surface area contributed by atoms with Crippen LogP contribution in [0.25, 0.3) is 0 Å². The minimum atomic E-state index is -3.48. The zero-order chi connectivity index (χ0) is 24.0. The molecule has 0 bridgehead atoms. The van der Waals surface area contributed by atoms with E-state index >= 15 is 0 Å². The summed E-state index contributed by atoms with van der Waals surface area (Å²) in [5.41, 5.74) is 0.820. The van der Waals surface area contributed by atoms with Crippen LogP contribution in [0.5, 0.6) is 5.75 Å². The van der Waals surface area contributed by atoms with Gasteiger partial charge in [0.05, 0.1) is 23.8 Å². The van der Waals surface area contributed by atoms with Crippen molar-refractivity contribution < 1.29 is 22.7 Å². The SMILES string of the molecule is O=C(NCc1ccc(S(=O)(=O)NC2CC2)cc1)C1CCCN(C(=O)CCOc2ccccc2)C1. The van der Waals surface area contributed by atoms with Crippen LogP contribution in [0.3, 0.4) is 0 Å². The van der Waals surface area contributed by atoms with Crippen LogP contribution in [0.4, 0.5) is 0 Å². The number of amides is 2. The first-order valence-electron chi connectivity index (χ1n) is 11.8. The summed E-state index contributed by atoms with van der Waals surface area (Å²) in [5.74, 6) is 0.376. The number of sulfonamides is 1. The van der Waals surface area contributed by atoms with Crippen LogP contribution in [-0.2, 0) is 26.2 Å². The second-order valence-corrected chi connectivity index (χ2v) is 10.6. The maximum Gasteiger partial charge on any atom is 0.240 e. The van der Waals surface area contributed by atoms with Gasteiger partial charge in [-0.1, -0.05) is 30.3 Å². The predicted octanol–water partition coefficient (Wildman–Crippen LogP) is 2.45. The highest BCUT2D eigenvalue weighted by Crippen LogP contribution is 2.22. The maximum atomic E-state index is 12.7. The monoisotopic (exact) mass is 485 g/mol. The van der Waals surface area contributed by atoms with Crippen molar-refractivity contribution in [1.82, 2.24) is 14.9 Å². The molecule has 1 heterocycles. The second-order valence-electron chi connectivity index (χ2n) is 8.85. The van der Waals surface area contributed by atoms with Gasteiger partial charge in [0.2, 0.25) is 21.8 Å². The summed E-state index contributed by atoms with van der Waals surface area (Å²) in [6, 6.07) is 16.0. The maximum absolute atomic E-state index is 12.7. The van der Waals surface area contributed by atoms with Gasteiger partial charge in [0.1, 0.15) is 5.75 Å². The van der Waals surface area contributed by atoms with Crippen molar-refractivity contribution in [2.24, 2.45) is 5.92 Å². The standard InChI is InChI=1S/C25H31N3O5S/c29-24(14-16-33-22-6-2-1-3-7-22)28-15-4-5-20(18-28)25(30)26-17-19-8-12-23(13-9-19)34(31,32)27-21-10-11-21/h1-3,6-9,12-13,20-21,27H,4-5,10-11,14-18H2,(H,26,30). The van der Waals surface area contributed by atoms with Gasteiger partial charge in [-0.3, -0.25) is 9.59 Å². The Hall–Kier alpha value is -2.91. The Labute approximate surface area is 200 Å². The second kappa shape index (κ2) is 11.0. The molecule has 1 aliphatic carbocycles. The number of benzene rings is 2. The number of rotatable bonds is 10. The fourth-order valence-electron chi connectivity index (χ4n) is 3.96. The third-order valence-corrected chi connectivity index (χ3v) is 7.61. The van der Waals surface area contributed by atoms with Crippen LogP contribution in [-0.4, -0.2) is 50.9 Å². The Bertz CT molecular complexity index is 1090. The average molecular weight is 486 g/mol. The Balaban J connectivity index is 1.21. The molecule has 2 aromatic carbocycles. The highest BCUT2D eigenvalue weighted by Gasteiger charge is 2.29. The molecule has 1 saturated carbocycles. The number of likely N-dealkylation sites (tertiary alicyclic amines) is 1. The lowest BCUT2D eigenvalue weighted by Crippen LogP contribution is -2.45. The van der Waals surface area contributed by atoms with E-state index in [-0.39, 0.29) is 35.1 Å². The van der Waals surface area contributed by atoms with E-state index in [1.807, 2.05) is 30.3 Å². The van der Waals surface area contributed by atoms with Crippen molar-refractivity contribution in [3.63, 3.8) is 0 Å². The van der Waals surface area contributed by atoms with E-state index < -0.39 is 10.0 Å². The highest BCUT2D eigenvalue weighted by molar-refractivity contribution is 7.89. The number of nitrogens with zero attached hydrogens (tertiary/aromatic N) is 1. The van der Waals surface area contributed by atoms with Gasteiger partial charge in [0, 0.05) is 25.7 Å². The molecule has 4 rings (SSSR count). The molecule has 2 fully saturated rings. The van der Waals surface area contributed by atoms with E-state index in [4.69, 9.17) is 4.74 Å². The predicted molar refractivity (Wildman–Crippen MR) is 127 cm³/mol. The van der Waals surface area contributed by atoms with Crippen molar-refractivity contribution in [2.45, 2.75) is 49.6 Å². The van der Waals surface area contributed by atoms with E-state index in [0.29, 0.717) is 26.2 Å². The number of hydrogen-bond donors (Lipinski definition) is 2. The number of ether oxygens (including phenoxy) is 1. The quantitative estimate of drug-likeness (QED) is 0.538. The lowest BCUT2D eigenvalue weighted by molar-refractivity contribution is -0.136. The Morgan fingerprint density at radius 2 is 1.74 bits per heavy atom. The van der Waals surface area contributed by atoms with E-state index in [0.717, 1.165) is 37.0 Å². The average Bonchev–Trinajstić information content (AvgIpc) is 3.67. The fraction of sp³-hybridized carbons (Fsp3) is 0.440. The van der Waals surface area contributed by atoms with E-state index in [1.165, 1.54) is 0 Å². The molecule has 2 aromatic rings. The normalized spacial score (nSPS) is 18.4. The summed E-state index contributed by atoms with van der Waals surface area (Å²) in [6.45, 7) is 1.67. The molecular weight excluding hydrogens is 454 g/mol. The molecule has 34 heavy (non-hydrogen) atoms. The molecule has 1 unspecified atom stereocenters. The first-order chi connectivity index (χ1) is 16.4. The Morgan fingerprint density at radius 3 is 2.44 bits per heavy atom. The summed E-state index contributed by atoms with van der Waals surface area (Å²) < 4.78 is 32.8. The molecule has 2 amide bonds. The number of para-hydroxylation sites is 1. The molecule has 9 heteroatoms. The summed E-state index contributed by atoms with van der Waals surface area (Å²) in [4.78, 5) is 27.3. The topological polar surface area (TPSA) is 105 Å². The molecular formula is C25H31N3O5S. The number of carbonyl (C=O) groups is 2. The summed E-state index contributed by atoms with van der Waals surface area (Å²) >= 11 is 0. The molecule has 1 aliphatic heterocycles. The third-order valence-electron chi connectivity index (χ3n) is 6.07. The molecule has 1 atom stereocenters. The summed E-state index contributed by atoms with van der Waals surface area (Å²) in [7, 11) is -3.48. The minimum absolute atomic E-state index is 0.00923. The van der Waals surface area contributed by atoms with Gasteiger partial charge in [-0.25, -0.2) is 13.1 Å². The van der Waals surface area contributed by atoms with Crippen molar-refractivity contribution in [3.8, 4) is 5.75 Å². The fourth-order valence-corrected chi connectivity index (χ4v) is 5.26. The molecule has 182 valence electrons. The summed E-state index contributed by atoms with van der Waals surface area (Å²) in [5, 5.41) is 2.93. The minimum Gasteiger partial charge on any atom is -0.493 e. The van der Waals surface area contributed by atoms with Gasteiger partial charge in [-0.15, -0.1) is 0 Å². The third kappa shape index (κ3) is 6.80. The van der Waals surface area contributed by atoms with Gasteiger partial charge in [0.15, 0.2) is 0 Å². The molecule has 1 saturated heterocycles. The van der Waals surface area contributed by atoms with Gasteiger partial charge < -0.3 is 15.0 Å². The van der Waals surface area contributed by atoms with Crippen LogP contribution >= 0.6 is 0 Å². The number of hydrogen-bond acceptors (Lipinski definition) is 5. The van der Waals surface area contributed by atoms with E-state index in [1.54, 1.807) is 29.2 Å². The van der Waals surface area contributed by atoms with Crippen LogP contribution in [0, 0.1) is 5.92 Å². The van der Waals surface area contributed by atoms with Crippen molar-refractivity contribution in [1.29, 1.82) is 0 Å². The molecule has 0 radical (unpaired) electrons. The van der Waals surface area contributed by atoms with Gasteiger partial charge >= 0.3 is 0 Å². The van der Waals surface area contributed by atoms with Crippen LogP contribution in [0.2, 0.25) is 0 Å². The van der Waals surface area contributed by atoms with E-state index in [2.05, 4.69) is 10.0 Å². The Morgan fingerprint density at radius 1 is 1.00 bits per heavy atom. The van der Waals surface area contributed by atoms with Crippen LogP contribution in [0.1, 0.15) is 37.7 Å². The first-order valence-corrected chi connectivity index (χ1v) is 13.2. The van der Waals surface area contributed by atoms with E-state index in [9.17, 15) is 18.0 Å². The van der Waals surface area contributed by atoms with Crippen LogP contribution < -0.4 is 14.8 Å².